The number of carbonyl (C=O) groups is 1. The summed E-state index contributed by atoms with van der Waals surface area (Å²) >= 11 is 0. The van der Waals surface area contributed by atoms with E-state index in [9.17, 15) is 4.79 Å². The Hall–Kier alpha value is 0.621. The molecule has 1 amide bonds. The van der Waals surface area contributed by atoms with Crippen molar-refractivity contribution in [2.75, 3.05) is 13.2 Å². The third kappa shape index (κ3) is 12.6. The number of hydrogen-bond donors (Lipinski definition) is 1. The molecule has 0 spiro atoms. The van der Waals surface area contributed by atoms with Gasteiger partial charge in [-0.25, -0.2) is 4.79 Å². The van der Waals surface area contributed by atoms with Crippen molar-refractivity contribution in [3.05, 3.63) is 0 Å². The molecular weight excluding hydrogens is 298 g/mol. The van der Waals surface area contributed by atoms with E-state index in [1.807, 2.05) is 0 Å². The number of carbonyl (C=O) groups excluding carboxylic acids is 1. The molecule has 0 aliphatic heterocycles. The maximum Gasteiger partial charge on any atom is 0.407 e. The summed E-state index contributed by atoms with van der Waals surface area (Å²) < 4.78 is 4.88. The molecular formula is C9H19NNdO2. The molecule has 0 fully saturated rings. The number of nitrogens with one attached hydrogen (secondary N) is 1. The van der Waals surface area contributed by atoms with Crippen molar-refractivity contribution in [1.82, 2.24) is 5.32 Å². The Labute approximate surface area is 114 Å². The van der Waals surface area contributed by atoms with Crippen LogP contribution in [0.4, 0.5) is 4.79 Å². The van der Waals surface area contributed by atoms with Crippen molar-refractivity contribution in [3.8, 4) is 0 Å². The van der Waals surface area contributed by atoms with E-state index in [2.05, 4.69) is 19.2 Å². The van der Waals surface area contributed by atoms with Gasteiger partial charge in [0.1, 0.15) is 0 Å². The molecule has 0 bridgehead atoms. The van der Waals surface area contributed by atoms with Crippen molar-refractivity contribution >= 4 is 6.09 Å². The van der Waals surface area contributed by atoms with E-state index in [0.29, 0.717) is 6.61 Å². The summed E-state index contributed by atoms with van der Waals surface area (Å²) in [6.07, 6.45) is 3.83. The summed E-state index contributed by atoms with van der Waals surface area (Å²) in [5.41, 5.74) is 0. The molecule has 0 unspecified atom stereocenters. The third-order valence-corrected chi connectivity index (χ3v) is 1.53. The first-order chi connectivity index (χ1) is 5.81. The second-order valence-electron chi connectivity index (χ2n) is 2.77. The van der Waals surface area contributed by atoms with Crippen molar-refractivity contribution in [2.24, 2.45) is 0 Å². The molecule has 0 heterocycles. The molecule has 0 aromatic carbocycles. The van der Waals surface area contributed by atoms with Crippen LogP contribution < -0.4 is 5.32 Å². The number of hydrogen-bond acceptors (Lipinski definition) is 2. The van der Waals surface area contributed by atoms with Gasteiger partial charge in [-0.1, -0.05) is 26.7 Å². The first-order valence-corrected chi connectivity index (χ1v) is 4.71. The van der Waals surface area contributed by atoms with Crippen LogP contribution in [0, 0.1) is 40.8 Å². The molecule has 0 aliphatic rings. The zero-order valence-electron chi connectivity index (χ0n) is 8.56. The second-order valence-corrected chi connectivity index (χ2v) is 2.77. The Morgan fingerprint density at radius 3 is 2.38 bits per heavy atom. The fourth-order valence-corrected chi connectivity index (χ4v) is 0.727. The minimum Gasteiger partial charge on any atom is -0.450 e. The van der Waals surface area contributed by atoms with Crippen LogP contribution in [-0.4, -0.2) is 19.2 Å². The van der Waals surface area contributed by atoms with Gasteiger partial charge in [0.25, 0.3) is 0 Å². The fraction of sp³-hybridized carbons (Fsp3) is 0.889. The molecule has 0 saturated carbocycles. The second kappa shape index (κ2) is 12.6. The molecule has 0 atom stereocenters. The van der Waals surface area contributed by atoms with Crippen molar-refractivity contribution < 1.29 is 50.4 Å². The van der Waals surface area contributed by atoms with Crippen molar-refractivity contribution in [2.45, 2.75) is 39.5 Å². The summed E-state index contributed by atoms with van der Waals surface area (Å²) in [5.74, 6) is 0. The minimum absolute atomic E-state index is 0. The normalized spacial score (nSPS) is 8.77. The molecule has 13 heavy (non-hydrogen) atoms. The molecule has 0 saturated heterocycles. The molecule has 0 rings (SSSR count). The van der Waals surface area contributed by atoms with Gasteiger partial charge in [-0.15, -0.1) is 0 Å². The zero-order valence-corrected chi connectivity index (χ0v) is 11.8. The predicted molar refractivity (Wildman–Crippen MR) is 49.2 cm³/mol. The molecule has 0 radical (unpaired) electrons. The van der Waals surface area contributed by atoms with E-state index in [1.165, 1.54) is 0 Å². The van der Waals surface area contributed by atoms with Crippen LogP contribution in [0.15, 0.2) is 0 Å². The van der Waals surface area contributed by atoms with Crippen LogP contribution >= 0.6 is 0 Å². The number of amides is 1. The number of unbranched alkanes of at least 4 members (excludes halogenated alkanes) is 2. The summed E-state index contributed by atoms with van der Waals surface area (Å²) in [6, 6.07) is 0. The van der Waals surface area contributed by atoms with Crippen molar-refractivity contribution in [1.29, 1.82) is 0 Å². The Bertz CT molecular complexity index is 108. The topological polar surface area (TPSA) is 38.3 Å². The van der Waals surface area contributed by atoms with Crippen LogP contribution in [0.5, 0.6) is 0 Å². The molecule has 0 aliphatic carbocycles. The first-order valence-electron chi connectivity index (χ1n) is 4.71. The Balaban J connectivity index is 0. The van der Waals surface area contributed by atoms with Crippen LogP contribution in [0.2, 0.25) is 0 Å². The fourth-order valence-electron chi connectivity index (χ4n) is 0.727. The Morgan fingerprint density at radius 2 is 1.85 bits per heavy atom. The van der Waals surface area contributed by atoms with Crippen LogP contribution in [-0.2, 0) is 4.74 Å². The van der Waals surface area contributed by atoms with Gasteiger partial charge < -0.3 is 10.1 Å². The van der Waals surface area contributed by atoms with E-state index in [-0.39, 0.29) is 46.9 Å². The maximum absolute atomic E-state index is 10.9. The molecule has 1 N–H and O–H groups in total. The van der Waals surface area contributed by atoms with Gasteiger partial charge in [0.05, 0.1) is 6.61 Å². The van der Waals surface area contributed by atoms with E-state index in [4.69, 9.17) is 4.74 Å². The molecule has 76 valence electrons. The van der Waals surface area contributed by atoms with Gasteiger partial charge in [0.15, 0.2) is 0 Å². The van der Waals surface area contributed by atoms with Crippen LogP contribution in [0.1, 0.15) is 39.5 Å². The van der Waals surface area contributed by atoms with Gasteiger partial charge >= 0.3 is 6.09 Å². The van der Waals surface area contributed by atoms with Crippen LogP contribution in [0.3, 0.4) is 0 Å². The Morgan fingerprint density at radius 1 is 1.23 bits per heavy atom. The summed E-state index contributed by atoms with van der Waals surface area (Å²) in [7, 11) is 0. The van der Waals surface area contributed by atoms with E-state index >= 15 is 0 Å². The summed E-state index contributed by atoms with van der Waals surface area (Å²) in [5, 5.41) is 2.68. The standard InChI is InChI=1S/C9H19NO2.Nd/c1-3-5-7-10-9(11)12-8-6-4-2;/h3-8H2,1-2H3,(H,10,11);. The number of alkyl carbamates (subject to hydrolysis) is 1. The Kier molecular flexibility index (Phi) is 15.6. The van der Waals surface area contributed by atoms with Gasteiger partial charge in [-0.3, -0.25) is 0 Å². The molecule has 0 aromatic rings. The monoisotopic (exact) mass is 315 g/mol. The van der Waals surface area contributed by atoms with Gasteiger partial charge in [0.2, 0.25) is 0 Å². The number of ether oxygens (including phenoxy) is 1. The van der Waals surface area contributed by atoms with Crippen molar-refractivity contribution in [3.63, 3.8) is 0 Å². The predicted octanol–water partition coefficient (Wildman–Crippen LogP) is 2.31. The molecule has 3 nitrogen and oxygen atoms in total. The van der Waals surface area contributed by atoms with Crippen LogP contribution in [0.25, 0.3) is 0 Å². The van der Waals surface area contributed by atoms with E-state index < -0.39 is 0 Å². The zero-order chi connectivity index (χ0) is 9.23. The largest absolute Gasteiger partial charge is 0.450 e. The smallest absolute Gasteiger partial charge is 0.407 e. The number of rotatable bonds is 6. The maximum atomic E-state index is 10.9. The average Bonchev–Trinajstić information content (AvgIpc) is 2.06. The quantitative estimate of drug-likeness (QED) is 0.764. The summed E-state index contributed by atoms with van der Waals surface area (Å²) in [4.78, 5) is 10.9. The van der Waals surface area contributed by atoms with E-state index in [0.717, 1.165) is 32.2 Å². The first kappa shape index (κ1) is 16.1. The van der Waals surface area contributed by atoms with Gasteiger partial charge in [0, 0.05) is 47.4 Å². The van der Waals surface area contributed by atoms with Gasteiger partial charge in [-0.05, 0) is 12.8 Å². The SMILES string of the molecule is CCCCNC(=O)OCCCC.[Nd]. The minimum atomic E-state index is -0.281. The molecule has 0 aromatic heterocycles. The van der Waals surface area contributed by atoms with Gasteiger partial charge in [-0.2, -0.15) is 0 Å². The third-order valence-electron chi connectivity index (χ3n) is 1.53. The molecule has 4 heteroatoms. The van der Waals surface area contributed by atoms with E-state index in [1.54, 1.807) is 0 Å². The average molecular weight is 317 g/mol. The summed E-state index contributed by atoms with van der Waals surface area (Å²) in [6.45, 7) is 5.42.